The predicted molar refractivity (Wildman–Crippen MR) is 64.1 cm³/mol. The van der Waals surface area contributed by atoms with Crippen LogP contribution in [0.4, 0.5) is 0 Å². The van der Waals surface area contributed by atoms with Gasteiger partial charge < -0.3 is 15.2 Å². The van der Waals surface area contributed by atoms with Crippen molar-refractivity contribution in [2.75, 3.05) is 13.7 Å². The van der Waals surface area contributed by atoms with Crippen LogP contribution in [0.5, 0.6) is 5.75 Å². The molecule has 0 heterocycles. The quantitative estimate of drug-likeness (QED) is 0.593. The van der Waals surface area contributed by atoms with Gasteiger partial charge in [0.15, 0.2) is 0 Å². The Kier molecular flexibility index (Phi) is 5.07. The van der Waals surface area contributed by atoms with Crippen molar-refractivity contribution in [1.82, 2.24) is 0 Å². The highest BCUT2D eigenvalue weighted by Gasteiger charge is 1.95. The van der Waals surface area contributed by atoms with Crippen LogP contribution in [0.1, 0.15) is 12.0 Å². The summed E-state index contributed by atoms with van der Waals surface area (Å²) in [5.74, 6) is 0.849. The molecule has 2 N–H and O–H groups in total. The fourth-order valence-corrected chi connectivity index (χ4v) is 1.17. The zero-order valence-electron chi connectivity index (χ0n) is 8.73. The van der Waals surface area contributed by atoms with Gasteiger partial charge in [-0.1, -0.05) is 24.4 Å². The zero-order valence-corrected chi connectivity index (χ0v) is 9.55. The summed E-state index contributed by atoms with van der Waals surface area (Å²) in [5, 5.41) is 0. The Morgan fingerprint density at radius 3 is 2.53 bits per heavy atom. The summed E-state index contributed by atoms with van der Waals surface area (Å²) in [7, 11) is 1.65. The van der Waals surface area contributed by atoms with Crippen LogP contribution in [0, 0.1) is 0 Å². The molecule has 4 heteroatoms. The van der Waals surface area contributed by atoms with Gasteiger partial charge in [-0.2, -0.15) is 0 Å². The van der Waals surface area contributed by atoms with Gasteiger partial charge in [-0.15, -0.1) is 0 Å². The number of rotatable bonds is 6. The van der Waals surface area contributed by atoms with Gasteiger partial charge in [-0.05, 0) is 17.7 Å². The second-order valence-electron chi connectivity index (χ2n) is 3.12. The molecular weight excluding hydrogens is 210 g/mol. The minimum absolute atomic E-state index is 0.490. The number of ether oxygens (including phenoxy) is 2. The Morgan fingerprint density at radius 2 is 2.00 bits per heavy atom. The number of hydrogen-bond acceptors (Lipinski definition) is 3. The number of benzene rings is 1. The molecule has 0 saturated carbocycles. The van der Waals surface area contributed by atoms with Gasteiger partial charge in [0, 0.05) is 6.42 Å². The third-order valence-corrected chi connectivity index (χ3v) is 2.12. The molecule has 0 aliphatic heterocycles. The molecule has 15 heavy (non-hydrogen) atoms. The lowest BCUT2D eigenvalue weighted by molar-refractivity contribution is 0.128. The van der Waals surface area contributed by atoms with Gasteiger partial charge >= 0.3 is 0 Å². The van der Waals surface area contributed by atoms with E-state index >= 15 is 0 Å². The standard InChI is InChI=1S/C11H15NO2S/c1-13-10-4-2-9(3-5-10)8-14-7-6-11(12)15/h2-5H,6-8H2,1H3,(H2,12,15). The molecule has 0 radical (unpaired) electrons. The van der Waals surface area contributed by atoms with Gasteiger partial charge in [-0.3, -0.25) is 0 Å². The van der Waals surface area contributed by atoms with E-state index in [-0.39, 0.29) is 0 Å². The van der Waals surface area contributed by atoms with Crippen LogP contribution in [0.3, 0.4) is 0 Å². The third kappa shape index (κ3) is 4.76. The average Bonchev–Trinajstić information content (AvgIpc) is 2.25. The summed E-state index contributed by atoms with van der Waals surface area (Å²) in [4.78, 5) is 0.490. The Bertz CT molecular complexity index is 311. The summed E-state index contributed by atoms with van der Waals surface area (Å²) in [6, 6.07) is 7.76. The Balaban J connectivity index is 2.28. The maximum absolute atomic E-state index is 5.40. The van der Waals surface area contributed by atoms with E-state index in [0.29, 0.717) is 24.6 Å². The molecule has 1 rings (SSSR count). The summed E-state index contributed by atoms with van der Waals surface area (Å²) >= 11 is 4.74. The van der Waals surface area contributed by atoms with Crippen LogP contribution in [-0.2, 0) is 11.3 Å². The first-order valence-electron chi connectivity index (χ1n) is 4.71. The largest absolute Gasteiger partial charge is 0.497 e. The van der Waals surface area contributed by atoms with E-state index in [1.54, 1.807) is 7.11 Å². The minimum Gasteiger partial charge on any atom is -0.497 e. The molecule has 0 unspecified atom stereocenters. The Labute approximate surface area is 95.2 Å². The van der Waals surface area contributed by atoms with Crippen molar-refractivity contribution < 1.29 is 9.47 Å². The summed E-state index contributed by atoms with van der Waals surface area (Å²) in [5.41, 5.74) is 6.45. The fraction of sp³-hybridized carbons (Fsp3) is 0.364. The minimum atomic E-state index is 0.490. The summed E-state index contributed by atoms with van der Waals surface area (Å²) < 4.78 is 10.4. The van der Waals surface area contributed by atoms with Crippen LogP contribution in [0.25, 0.3) is 0 Å². The summed E-state index contributed by atoms with van der Waals surface area (Å²) in [6.45, 7) is 1.15. The SMILES string of the molecule is COc1ccc(COCCC(N)=S)cc1. The first kappa shape index (κ1) is 11.9. The highest BCUT2D eigenvalue weighted by atomic mass is 32.1. The van der Waals surface area contributed by atoms with Crippen molar-refractivity contribution in [1.29, 1.82) is 0 Å². The summed E-state index contributed by atoms with van der Waals surface area (Å²) in [6.07, 6.45) is 0.630. The Morgan fingerprint density at radius 1 is 1.33 bits per heavy atom. The lowest BCUT2D eigenvalue weighted by Gasteiger charge is -2.04. The number of hydrogen-bond donors (Lipinski definition) is 1. The molecule has 0 fully saturated rings. The molecule has 3 nitrogen and oxygen atoms in total. The number of thiocarbonyl (C=S) groups is 1. The third-order valence-electron chi connectivity index (χ3n) is 1.92. The van der Waals surface area contributed by atoms with Crippen molar-refractivity contribution in [2.24, 2.45) is 5.73 Å². The van der Waals surface area contributed by atoms with Crippen LogP contribution >= 0.6 is 12.2 Å². The van der Waals surface area contributed by atoms with Crippen LogP contribution in [0.15, 0.2) is 24.3 Å². The number of methoxy groups -OCH3 is 1. The smallest absolute Gasteiger partial charge is 0.118 e. The van der Waals surface area contributed by atoms with Gasteiger partial charge in [0.2, 0.25) is 0 Å². The predicted octanol–water partition coefficient (Wildman–Crippen LogP) is 1.89. The van der Waals surface area contributed by atoms with Crippen LogP contribution in [0.2, 0.25) is 0 Å². The van der Waals surface area contributed by atoms with E-state index < -0.39 is 0 Å². The van der Waals surface area contributed by atoms with Crippen molar-refractivity contribution in [3.05, 3.63) is 29.8 Å². The van der Waals surface area contributed by atoms with Crippen molar-refractivity contribution in [3.63, 3.8) is 0 Å². The maximum Gasteiger partial charge on any atom is 0.118 e. The maximum atomic E-state index is 5.40. The molecule has 0 spiro atoms. The van der Waals surface area contributed by atoms with E-state index in [0.717, 1.165) is 11.3 Å². The van der Waals surface area contributed by atoms with Gasteiger partial charge in [0.05, 0.1) is 25.3 Å². The molecule has 0 bridgehead atoms. The first-order chi connectivity index (χ1) is 7.22. The van der Waals surface area contributed by atoms with Crippen molar-refractivity contribution in [3.8, 4) is 5.75 Å². The molecule has 82 valence electrons. The second-order valence-corrected chi connectivity index (χ2v) is 3.64. The van der Waals surface area contributed by atoms with Crippen molar-refractivity contribution >= 4 is 17.2 Å². The first-order valence-corrected chi connectivity index (χ1v) is 5.12. The topological polar surface area (TPSA) is 44.5 Å². The molecule has 0 aliphatic rings. The van der Waals surface area contributed by atoms with Gasteiger partial charge in [-0.25, -0.2) is 0 Å². The van der Waals surface area contributed by atoms with E-state index in [2.05, 4.69) is 0 Å². The van der Waals surface area contributed by atoms with E-state index in [4.69, 9.17) is 27.4 Å². The highest BCUT2D eigenvalue weighted by molar-refractivity contribution is 7.80. The lowest BCUT2D eigenvalue weighted by atomic mass is 10.2. The van der Waals surface area contributed by atoms with E-state index in [1.807, 2.05) is 24.3 Å². The number of nitrogens with two attached hydrogens (primary N) is 1. The molecule has 0 saturated heterocycles. The van der Waals surface area contributed by atoms with Crippen LogP contribution in [-0.4, -0.2) is 18.7 Å². The monoisotopic (exact) mass is 225 g/mol. The van der Waals surface area contributed by atoms with E-state index in [9.17, 15) is 0 Å². The molecule has 1 aromatic carbocycles. The highest BCUT2D eigenvalue weighted by Crippen LogP contribution is 2.11. The van der Waals surface area contributed by atoms with Crippen LogP contribution < -0.4 is 10.5 Å². The second kappa shape index (κ2) is 6.37. The molecule has 0 amide bonds. The molecule has 0 aromatic heterocycles. The van der Waals surface area contributed by atoms with Crippen molar-refractivity contribution in [2.45, 2.75) is 13.0 Å². The molecule has 0 atom stereocenters. The normalized spacial score (nSPS) is 9.93. The fourth-order valence-electron chi connectivity index (χ4n) is 1.08. The molecule has 1 aromatic rings. The molecule has 0 aliphatic carbocycles. The zero-order chi connectivity index (χ0) is 11.1. The van der Waals surface area contributed by atoms with E-state index in [1.165, 1.54) is 0 Å². The lowest BCUT2D eigenvalue weighted by Crippen LogP contribution is -2.11. The van der Waals surface area contributed by atoms with Gasteiger partial charge in [0.25, 0.3) is 0 Å². The average molecular weight is 225 g/mol. The van der Waals surface area contributed by atoms with Gasteiger partial charge in [0.1, 0.15) is 5.75 Å². The Hall–Kier alpha value is -1.13. The molecular formula is C11H15NO2S.